The Hall–Kier alpha value is -1.06. The van der Waals surface area contributed by atoms with Crippen LogP contribution in [0.25, 0.3) is 0 Å². The Labute approximate surface area is 104 Å². The van der Waals surface area contributed by atoms with E-state index in [0.717, 1.165) is 29.8 Å². The van der Waals surface area contributed by atoms with Crippen LogP contribution in [0.5, 0.6) is 5.75 Å². The molecular weight excluding hydrogens is 214 g/mol. The van der Waals surface area contributed by atoms with Crippen molar-refractivity contribution >= 4 is 0 Å². The van der Waals surface area contributed by atoms with E-state index in [4.69, 9.17) is 4.74 Å². The summed E-state index contributed by atoms with van der Waals surface area (Å²) in [6.45, 7) is 5.48. The highest BCUT2D eigenvalue weighted by Crippen LogP contribution is 2.26. The Bertz CT molecular complexity index is 348. The molecule has 1 rings (SSSR count). The second-order valence-corrected chi connectivity index (χ2v) is 4.72. The molecule has 0 aliphatic rings. The standard InChI is InChI=1S/C14H23NO2/c1-11-6-7-13(12(2)16)14(10-11)17-9-5-8-15(3)4/h6-7,10,12,16H,5,8-9H2,1-4H3/t12-/m0/s1. The zero-order chi connectivity index (χ0) is 12.8. The summed E-state index contributed by atoms with van der Waals surface area (Å²) in [6, 6.07) is 5.91. The molecule has 0 bridgehead atoms. The van der Waals surface area contributed by atoms with Crippen molar-refractivity contribution in [2.24, 2.45) is 0 Å². The molecule has 3 heteroatoms. The smallest absolute Gasteiger partial charge is 0.125 e. The maximum atomic E-state index is 9.65. The summed E-state index contributed by atoms with van der Waals surface area (Å²) < 4.78 is 5.74. The molecule has 96 valence electrons. The lowest BCUT2D eigenvalue weighted by Gasteiger charge is -2.15. The van der Waals surface area contributed by atoms with Crippen molar-refractivity contribution < 1.29 is 9.84 Å². The van der Waals surface area contributed by atoms with Crippen LogP contribution in [0.3, 0.4) is 0 Å². The number of aliphatic hydroxyl groups is 1. The van der Waals surface area contributed by atoms with Gasteiger partial charge in [-0.3, -0.25) is 0 Å². The van der Waals surface area contributed by atoms with E-state index < -0.39 is 6.10 Å². The van der Waals surface area contributed by atoms with Crippen LogP contribution in [0, 0.1) is 6.92 Å². The summed E-state index contributed by atoms with van der Waals surface area (Å²) in [5.41, 5.74) is 2.01. The number of aliphatic hydroxyl groups excluding tert-OH is 1. The summed E-state index contributed by atoms with van der Waals surface area (Å²) >= 11 is 0. The van der Waals surface area contributed by atoms with E-state index in [1.54, 1.807) is 6.92 Å². The van der Waals surface area contributed by atoms with Crippen LogP contribution in [0.1, 0.15) is 30.6 Å². The van der Waals surface area contributed by atoms with Crippen molar-refractivity contribution in [3.63, 3.8) is 0 Å². The van der Waals surface area contributed by atoms with Gasteiger partial charge in [0, 0.05) is 12.1 Å². The largest absolute Gasteiger partial charge is 0.493 e. The Morgan fingerprint density at radius 1 is 1.35 bits per heavy atom. The Morgan fingerprint density at radius 2 is 2.06 bits per heavy atom. The molecule has 0 radical (unpaired) electrons. The maximum absolute atomic E-state index is 9.65. The Kier molecular flexibility index (Phi) is 5.45. The summed E-state index contributed by atoms with van der Waals surface area (Å²) in [7, 11) is 4.10. The van der Waals surface area contributed by atoms with Gasteiger partial charge in [0.25, 0.3) is 0 Å². The fraction of sp³-hybridized carbons (Fsp3) is 0.571. The van der Waals surface area contributed by atoms with Crippen molar-refractivity contribution in [2.75, 3.05) is 27.2 Å². The van der Waals surface area contributed by atoms with Crippen molar-refractivity contribution in [1.29, 1.82) is 0 Å². The van der Waals surface area contributed by atoms with Gasteiger partial charge in [-0.2, -0.15) is 0 Å². The van der Waals surface area contributed by atoms with Gasteiger partial charge in [-0.05, 0) is 46.0 Å². The van der Waals surface area contributed by atoms with Crippen molar-refractivity contribution in [2.45, 2.75) is 26.4 Å². The number of benzene rings is 1. The first-order valence-corrected chi connectivity index (χ1v) is 6.07. The molecule has 0 saturated carbocycles. The lowest BCUT2D eigenvalue weighted by molar-refractivity contribution is 0.190. The maximum Gasteiger partial charge on any atom is 0.125 e. The number of ether oxygens (including phenoxy) is 1. The van der Waals surface area contributed by atoms with Gasteiger partial charge >= 0.3 is 0 Å². The summed E-state index contributed by atoms with van der Waals surface area (Å²) in [4.78, 5) is 2.13. The van der Waals surface area contributed by atoms with Gasteiger partial charge in [-0.1, -0.05) is 12.1 Å². The van der Waals surface area contributed by atoms with Gasteiger partial charge in [0.2, 0.25) is 0 Å². The average molecular weight is 237 g/mol. The molecule has 3 nitrogen and oxygen atoms in total. The van der Waals surface area contributed by atoms with Crippen LogP contribution >= 0.6 is 0 Å². The number of aryl methyl sites for hydroxylation is 1. The molecule has 1 N–H and O–H groups in total. The van der Waals surface area contributed by atoms with E-state index in [-0.39, 0.29) is 0 Å². The Balaban J connectivity index is 2.59. The molecule has 0 aromatic heterocycles. The van der Waals surface area contributed by atoms with Crippen LogP contribution < -0.4 is 4.74 Å². The van der Waals surface area contributed by atoms with Crippen LogP contribution in [0.4, 0.5) is 0 Å². The SMILES string of the molecule is Cc1ccc([C@H](C)O)c(OCCCN(C)C)c1. The second-order valence-electron chi connectivity index (χ2n) is 4.72. The van der Waals surface area contributed by atoms with Crippen LogP contribution in [0.15, 0.2) is 18.2 Å². The first-order chi connectivity index (χ1) is 8.00. The molecule has 0 spiro atoms. The highest BCUT2D eigenvalue weighted by atomic mass is 16.5. The molecule has 1 aromatic carbocycles. The van der Waals surface area contributed by atoms with Crippen LogP contribution in [-0.2, 0) is 0 Å². The highest BCUT2D eigenvalue weighted by Gasteiger charge is 2.09. The quantitative estimate of drug-likeness (QED) is 0.771. The molecule has 0 aliphatic heterocycles. The highest BCUT2D eigenvalue weighted by molar-refractivity contribution is 5.38. The van der Waals surface area contributed by atoms with E-state index in [2.05, 4.69) is 4.90 Å². The minimum Gasteiger partial charge on any atom is -0.493 e. The third-order valence-corrected chi connectivity index (χ3v) is 2.63. The van der Waals surface area contributed by atoms with E-state index in [1.807, 2.05) is 39.2 Å². The molecule has 0 unspecified atom stereocenters. The fourth-order valence-corrected chi connectivity index (χ4v) is 1.67. The van der Waals surface area contributed by atoms with Gasteiger partial charge in [0.1, 0.15) is 5.75 Å². The first kappa shape index (κ1) is 14.0. The van der Waals surface area contributed by atoms with E-state index in [9.17, 15) is 5.11 Å². The first-order valence-electron chi connectivity index (χ1n) is 6.07. The minimum absolute atomic E-state index is 0.487. The summed E-state index contributed by atoms with van der Waals surface area (Å²) in [6.07, 6.45) is 0.500. The number of rotatable bonds is 6. The fourth-order valence-electron chi connectivity index (χ4n) is 1.67. The topological polar surface area (TPSA) is 32.7 Å². The number of hydrogen-bond donors (Lipinski definition) is 1. The number of hydrogen-bond acceptors (Lipinski definition) is 3. The van der Waals surface area contributed by atoms with Crippen molar-refractivity contribution in [3.8, 4) is 5.75 Å². The average Bonchev–Trinajstić information content (AvgIpc) is 2.23. The van der Waals surface area contributed by atoms with Gasteiger partial charge in [0.15, 0.2) is 0 Å². The Morgan fingerprint density at radius 3 is 2.65 bits per heavy atom. The molecular formula is C14H23NO2. The summed E-state index contributed by atoms with van der Waals surface area (Å²) in [5, 5.41) is 9.65. The van der Waals surface area contributed by atoms with Gasteiger partial charge in [-0.25, -0.2) is 0 Å². The molecule has 1 atom stereocenters. The monoisotopic (exact) mass is 237 g/mol. The van der Waals surface area contributed by atoms with E-state index >= 15 is 0 Å². The minimum atomic E-state index is -0.487. The van der Waals surface area contributed by atoms with Crippen LogP contribution in [0.2, 0.25) is 0 Å². The van der Waals surface area contributed by atoms with E-state index in [1.165, 1.54) is 0 Å². The molecule has 17 heavy (non-hydrogen) atoms. The zero-order valence-electron chi connectivity index (χ0n) is 11.2. The van der Waals surface area contributed by atoms with Gasteiger partial charge in [-0.15, -0.1) is 0 Å². The van der Waals surface area contributed by atoms with Gasteiger partial charge < -0.3 is 14.7 Å². The molecule has 0 fully saturated rings. The third kappa shape index (κ3) is 4.75. The predicted molar refractivity (Wildman–Crippen MR) is 70.5 cm³/mol. The van der Waals surface area contributed by atoms with E-state index in [0.29, 0.717) is 6.61 Å². The third-order valence-electron chi connectivity index (χ3n) is 2.63. The number of nitrogens with zero attached hydrogens (tertiary/aromatic N) is 1. The molecule has 0 aliphatic carbocycles. The summed E-state index contributed by atoms with van der Waals surface area (Å²) in [5.74, 6) is 0.804. The molecule has 1 aromatic rings. The molecule has 0 saturated heterocycles. The lowest BCUT2D eigenvalue weighted by atomic mass is 10.1. The van der Waals surface area contributed by atoms with Crippen molar-refractivity contribution in [1.82, 2.24) is 4.90 Å². The zero-order valence-corrected chi connectivity index (χ0v) is 11.2. The lowest BCUT2D eigenvalue weighted by Crippen LogP contribution is -2.15. The normalized spacial score (nSPS) is 12.8. The van der Waals surface area contributed by atoms with Crippen molar-refractivity contribution in [3.05, 3.63) is 29.3 Å². The predicted octanol–water partition coefficient (Wildman–Crippen LogP) is 2.38. The molecule has 0 heterocycles. The van der Waals surface area contributed by atoms with Crippen LogP contribution in [-0.4, -0.2) is 37.3 Å². The molecule has 0 amide bonds. The van der Waals surface area contributed by atoms with Gasteiger partial charge in [0.05, 0.1) is 12.7 Å². The second kappa shape index (κ2) is 6.62.